The predicted molar refractivity (Wildman–Crippen MR) is 82.3 cm³/mol. The average molecular weight is 410 g/mol. The molecular weight excluding hydrogens is 401 g/mol. The van der Waals surface area contributed by atoms with Gasteiger partial charge in [-0.05, 0) is 46.3 Å². The topological polar surface area (TPSA) is 29.1 Å². The van der Waals surface area contributed by atoms with Crippen LogP contribution in [-0.4, -0.2) is 5.91 Å². The fraction of sp³-hybridized carbons (Fsp3) is 0.0833. The maximum Gasteiger partial charge on any atom is 0.253 e. The highest BCUT2D eigenvalue weighted by atomic mass is 79.9. The summed E-state index contributed by atoms with van der Waals surface area (Å²) in [5.41, 5.74) is 0.482. The van der Waals surface area contributed by atoms with Crippen molar-refractivity contribution >= 4 is 60.7 Å². The molecule has 0 saturated heterocycles. The van der Waals surface area contributed by atoms with Crippen LogP contribution in [0.4, 0.5) is 0 Å². The molecule has 0 unspecified atom stereocenters. The van der Waals surface area contributed by atoms with E-state index in [0.29, 0.717) is 17.1 Å². The van der Waals surface area contributed by atoms with Crippen molar-refractivity contribution in [1.82, 2.24) is 5.32 Å². The van der Waals surface area contributed by atoms with Gasteiger partial charge in [0.25, 0.3) is 5.91 Å². The molecule has 0 atom stereocenters. The number of hydrogen-bond acceptors (Lipinski definition) is 2. The normalized spacial score (nSPS) is 10.4. The van der Waals surface area contributed by atoms with Gasteiger partial charge in [-0.2, -0.15) is 0 Å². The molecule has 0 aliphatic carbocycles. The summed E-state index contributed by atoms with van der Waals surface area (Å²) in [5, 5.41) is 3.28. The number of rotatable bonds is 3. The summed E-state index contributed by atoms with van der Waals surface area (Å²) >= 11 is 14.3. The van der Waals surface area contributed by atoms with Crippen molar-refractivity contribution in [3.8, 4) is 0 Å². The summed E-state index contributed by atoms with van der Waals surface area (Å²) in [5.74, 6) is -0.169. The molecule has 2 aromatic rings. The predicted octanol–water partition coefficient (Wildman–Crippen LogP) is 4.86. The third-order valence-electron chi connectivity index (χ3n) is 2.23. The number of hydrogen-bond donors (Lipinski definition) is 1. The molecule has 6 heteroatoms. The zero-order valence-electron chi connectivity index (χ0n) is 9.04. The first-order valence-corrected chi connectivity index (χ1v) is 7.82. The third kappa shape index (κ3) is 3.57. The van der Waals surface area contributed by atoms with E-state index in [2.05, 4.69) is 37.2 Å². The minimum absolute atomic E-state index is 0.169. The Morgan fingerprint density at radius 1 is 1.28 bits per heavy atom. The van der Waals surface area contributed by atoms with Gasteiger partial charge in [0.2, 0.25) is 0 Å². The van der Waals surface area contributed by atoms with Crippen molar-refractivity contribution in [2.45, 2.75) is 6.54 Å². The van der Waals surface area contributed by atoms with Crippen molar-refractivity contribution in [3.63, 3.8) is 0 Å². The number of amides is 1. The van der Waals surface area contributed by atoms with Gasteiger partial charge in [-0.3, -0.25) is 4.79 Å². The number of halogens is 3. The maximum atomic E-state index is 11.9. The number of carbonyl (C=O) groups excluding carboxylic acids is 1. The van der Waals surface area contributed by atoms with Gasteiger partial charge in [-0.15, -0.1) is 11.3 Å². The Morgan fingerprint density at radius 3 is 2.67 bits per heavy atom. The standard InChI is InChI=1S/C12H8Br2ClNOS/c13-7-1-3-9(10(15)5-7)12(17)16-6-8-2-4-11(14)18-8/h1-5H,6H2,(H,16,17). The van der Waals surface area contributed by atoms with Gasteiger partial charge >= 0.3 is 0 Å². The van der Waals surface area contributed by atoms with E-state index in [1.807, 2.05) is 12.1 Å². The lowest BCUT2D eigenvalue weighted by Crippen LogP contribution is -2.22. The average Bonchev–Trinajstić information content (AvgIpc) is 2.72. The van der Waals surface area contributed by atoms with Crippen LogP contribution in [0, 0.1) is 0 Å². The molecule has 0 saturated carbocycles. The first kappa shape index (κ1) is 14.1. The van der Waals surface area contributed by atoms with E-state index in [9.17, 15) is 4.79 Å². The number of nitrogens with one attached hydrogen (secondary N) is 1. The molecule has 1 heterocycles. The van der Waals surface area contributed by atoms with Gasteiger partial charge in [0.05, 0.1) is 20.9 Å². The van der Waals surface area contributed by atoms with Crippen LogP contribution in [0.25, 0.3) is 0 Å². The highest BCUT2D eigenvalue weighted by Gasteiger charge is 2.10. The third-order valence-corrected chi connectivity index (χ3v) is 4.66. The van der Waals surface area contributed by atoms with E-state index >= 15 is 0 Å². The van der Waals surface area contributed by atoms with Crippen LogP contribution < -0.4 is 5.32 Å². The molecule has 1 aromatic heterocycles. The molecule has 2 rings (SSSR count). The van der Waals surface area contributed by atoms with Crippen molar-refractivity contribution in [2.24, 2.45) is 0 Å². The lowest BCUT2D eigenvalue weighted by Gasteiger charge is -2.05. The van der Waals surface area contributed by atoms with Crippen LogP contribution in [0.1, 0.15) is 15.2 Å². The van der Waals surface area contributed by atoms with Crippen molar-refractivity contribution in [2.75, 3.05) is 0 Å². The molecule has 0 aliphatic heterocycles. The number of carbonyl (C=O) groups is 1. The van der Waals surface area contributed by atoms with Crippen molar-refractivity contribution < 1.29 is 4.79 Å². The number of thiophene rings is 1. The molecule has 2 nitrogen and oxygen atoms in total. The van der Waals surface area contributed by atoms with E-state index in [-0.39, 0.29) is 5.91 Å². The Labute approximate surface area is 131 Å². The van der Waals surface area contributed by atoms with Crippen LogP contribution in [0.15, 0.2) is 38.6 Å². The largest absolute Gasteiger partial charge is 0.347 e. The first-order valence-electron chi connectivity index (χ1n) is 5.04. The number of benzene rings is 1. The second kappa shape index (κ2) is 6.19. The van der Waals surface area contributed by atoms with Gasteiger partial charge in [0.15, 0.2) is 0 Å². The highest BCUT2D eigenvalue weighted by molar-refractivity contribution is 9.11. The molecule has 1 N–H and O–H groups in total. The fourth-order valence-electron chi connectivity index (χ4n) is 1.38. The van der Waals surface area contributed by atoms with Crippen LogP contribution in [0.5, 0.6) is 0 Å². The van der Waals surface area contributed by atoms with Gasteiger partial charge in [-0.1, -0.05) is 27.5 Å². The van der Waals surface area contributed by atoms with Crippen LogP contribution in [0.3, 0.4) is 0 Å². The van der Waals surface area contributed by atoms with Crippen molar-refractivity contribution in [1.29, 1.82) is 0 Å². The summed E-state index contributed by atoms with van der Waals surface area (Å²) in [6.45, 7) is 0.501. The highest BCUT2D eigenvalue weighted by Crippen LogP contribution is 2.23. The van der Waals surface area contributed by atoms with Gasteiger partial charge in [0, 0.05) is 9.35 Å². The summed E-state index contributed by atoms with van der Waals surface area (Å²) in [6.07, 6.45) is 0. The van der Waals surface area contributed by atoms with E-state index in [1.54, 1.807) is 29.5 Å². The molecule has 0 fully saturated rings. The molecule has 0 spiro atoms. The first-order chi connectivity index (χ1) is 8.56. The van der Waals surface area contributed by atoms with Crippen LogP contribution >= 0.6 is 54.8 Å². The minimum Gasteiger partial charge on any atom is -0.347 e. The smallest absolute Gasteiger partial charge is 0.253 e. The molecule has 0 radical (unpaired) electrons. The molecule has 18 heavy (non-hydrogen) atoms. The molecule has 0 aliphatic rings. The Hall–Kier alpha value is -0.360. The van der Waals surface area contributed by atoms with Gasteiger partial charge in [-0.25, -0.2) is 0 Å². The van der Waals surface area contributed by atoms with Gasteiger partial charge in [0.1, 0.15) is 0 Å². The maximum absolute atomic E-state index is 11.9. The summed E-state index contributed by atoms with van der Waals surface area (Å²) < 4.78 is 1.90. The Balaban J connectivity index is 2.03. The Kier molecular flexibility index (Phi) is 4.84. The zero-order chi connectivity index (χ0) is 13.1. The van der Waals surface area contributed by atoms with Crippen LogP contribution in [-0.2, 0) is 6.54 Å². The SMILES string of the molecule is O=C(NCc1ccc(Br)s1)c1ccc(Br)cc1Cl. The molecule has 1 amide bonds. The van der Waals surface area contributed by atoms with Crippen molar-refractivity contribution in [3.05, 3.63) is 54.1 Å². The van der Waals surface area contributed by atoms with E-state index in [4.69, 9.17) is 11.6 Å². The zero-order valence-corrected chi connectivity index (χ0v) is 13.8. The molecule has 1 aromatic carbocycles. The van der Waals surface area contributed by atoms with Crippen LogP contribution in [0.2, 0.25) is 5.02 Å². The molecular formula is C12H8Br2ClNOS. The summed E-state index contributed by atoms with van der Waals surface area (Å²) in [7, 11) is 0. The lowest BCUT2D eigenvalue weighted by molar-refractivity contribution is 0.0951. The fourth-order valence-corrected chi connectivity index (χ4v) is 3.57. The summed E-state index contributed by atoms with van der Waals surface area (Å²) in [4.78, 5) is 13.0. The summed E-state index contributed by atoms with van der Waals surface area (Å²) in [6, 6.07) is 9.13. The second-order valence-electron chi connectivity index (χ2n) is 3.51. The molecule has 0 bridgehead atoms. The molecule has 94 valence electrons. The second-order valence-corrected chi connectivity index (χ2v) is 7.38. The quantitative estimate of drug-likeness (QED) is 0.771. The Bertz CT molecular complexity index is 585. The van der Waals surface area contributed by atoms with E-state index < -0.39 is 0 Å². The monoisotopic (exact) mass is 407 g/mol. The van der Waals surface area contributed by atoms with E-state index in [0.717, 1.165) is 13.1 Å². The minimum atomic E-state index is -0.169. The Morgan fingerprint density at radius 2 is 2.06 bits per heavy atom. The van der Waals surface area contributed by atoms with Gasteiger partial charge < -0.3 is 5.32 Å². The van der Waals surface area contributed by atoms with E-state index in [1.165, 1.54) is 0 Å². The lowest BCUT2D eigenvalue weighted by atomic mass is 10.2.